The average molecular weight is 309 g/mol. The summed E-state index contributed by atoms with van der Waals surface area (Å²) in [5.74, 6) is 2.06. The molecule has 112 valence electrons. The van der Waals surface area contributed by atoms with Crippen LogP contribution in [0.4, 0.5) is 11.9 Å². The molecule has 1 aliphatic heterocycles. The van der Waals surface area contributed by atoms with E-state index in [0.29, 0.717) is 11.9 Å². The smallest absolute Gasteiger partial charge is 0.231 e. The Bertz CT molecular complexity index is 567. The van der Waals surface area contributed by atoms with Crippen LogP contribution in [0.1, 0.15) is 25.1 Å². The molecular formula is C12H17ClN8. The third kappa shape index (κ3) is 3.78. The highest BCUT2D eigenvalue weighted by atomic mass is 35.5. The van der Waals surface area contributed by atoms with Crippen LogP contribution in [0.3, 0.4) is 0 Å². The van der Waals surface area contributed by atoms with Gasteiger partial charge in [-0.1, -0.05) is 0 Å². The van der Waals surface area contributed by atoms with Gasteiger partial charge in [0.2, 0.25) is 17.2 Å². The molecule has 0 spiro atoms. The topological polar surface area (TPSA) is 95.5 Å². The highest BCUT2D eigenvalue weighted by Crippen LogP contribution is 2.18. The number of halogens is 1. The number of hydrogen-bond donors (Lipinski definition) is 2. The van der Waals surface area contributed by atoms with Crippen molar-refractivity contribution < 1.29 is 0 Å². The minimum Gasteiger partial charge on any atom is -0.354 e. The van der Waals surface area contributed by atoms with E-state index in [0.717, 1.165) is 38.3 Å². The molecule has 8 nitrogen and oxygen atoms in total. The predicted octanol–water partition coefficient (Wildman–Crippen LogP) is 1.29. The summed E-state index contributed by atoms with van der Waals surface area (Å²) < 4.78 is 0. The predicted molar refractivity (Wildman–Crippen MR) is 79.5 cm³/mol. The van der Waals surface area contributed by atoms with Crippen LogP contribution in [0, 0.1) is 0 Å². The summed E-state index contributed by atoms with van der Waals surface area (Å²) in [6.07, 6.45) is 5.58. The molecule has 0 radical (unpaired) electrons. The van der Waals surface area contributed by atoms with Crippen LogP contribution in [0.25, 0.3) is 0 Å². The van der Waals surface area contributed by atoms with Crippen LogP contribution in [0.2, 0.25) is 5.28 Å². The van der Waals surface area contributed by atoms with Crippen molar-refractivity contribution in [3.05, 3.63) is 17.4 Å². The second kappa shape index (κ2) is 6.66. The van der Waals surface area contributed by atoms with Gasteiger partial charge < -0.3 is 10.2 Å². The lowest BCUT2D eigenvalue weighted by Gasteiger charge is -2.15. The molecule has 1 aliphatic rings. The number of nitrogens with one attached hydrogen (secondary N) is 2. The quantitative estimate of drug-likeness (QED) is 0.776. The van der Waals surface area contributed by atoms with Crippen LogP contribution in [-0.2, 0) is 6.42 Å². The van der Waals surface area contributed by atoms with Crippen LogP contribution in [0.5, 0.6) is 0 Å². The lowest BCUT2D eigenvalue weighted by atomic mass is 10.3. The van der Waals surface area contributed by atoms with E-state index in [1.165, 1.54) is 19.2 Å². The maximum absolute atomic E-state index is 5.97. The van der Waals surface area contributed by atoms with Crippen molar-refractivity contribution in [2.45, 2.75) is 25.7 Å². The van der Waals surface area contributed by atoms with Gasteiger partial charge in [-0.3, -0.25) is 5.10 Å². The average Bonchev–Trinajstić information content (AvgIpc) is 3.16. The normalized spacial score (nSPS) is 14.6. The van der Waals surface area contributed by atoms with E-state index < -0.39 is 0 Å². The maximum Gasteiger partial charge on any atom is 0.231 e. The Balaban J connectivity index is 1.54. The van der Waals surface area contributed by atoms with Gasteiger partial charge in [-0.15, -0.1) is 0 Å². The fourth-order valence-electron chi connectivity index (χ4n) is 2.28. The van der Waals surface area contributed by atoms with Crippen molar-refractivity contribution in [3.63, 3.8) is 0 Å². The van der Waals surface area contributed by atoms with Gasteiger partial charge in [-0.2, -0.15) is 20.1 Å². The van der Waals surface area contributed by atoms with E-state index in [1.54, 1.807) is 0 Å². The van der Waals surface area contributed by atoms with Gasteiger partial charge in [0.05, 0.1) is 0 Å². The van der Waals surface area contributed by atoms with E-state index in [1.807, 2.05) is 0 Å². The summed E-state index contributed by atoms with van der Waals surface area (Å²) in [7, 11) is 0. The number of H-pyrrole nitrogens is 1. The molecule has 1 saturated heterocycles. The molecule has 0 aliphatic carbocycles. The molecule has 9 heteroatoms. The molecule has 0 amide bonds. The molecule has 0 bridgehead atoms. The Morgan fingerprint density at radius 1 is 1.24 bits per heavy atom. The van der Waals surface area contributed by atoms with E-state index in [4.69, 9.17) is 11.6 Å². The number of aromatic amines is 1. The highest BCUT2D eigenvalue weighted by Gasteiger charge is 2.16. The van der Waals surface area contributed by atoms with Crippen molar-refractivity contribution >= 4 is 23.5 Å². The molecule has 3 heterocycles. The minimum atomic E-state index is 0.227. The number of rotatable bonds is 6. The molecule has 2 aromatic heterocycles. The van der Waals surface area contributed by atoms with E-state index >= 15 is 0 Å². The molecule has 21 heavy (non-hydrogen) atoms. The fourth-order valence-corrected chi connectivity index (χ4v) is 2.44. The summed E-state index contributed by atoms with van der Waals surface area (Å²) in [5.41, 5.74) is 0. The number of anilines is 2. The standard InChI is InChI=1S/C12H17ClN8/c13-10-17-11(14-5-3-4-9-15-8-16-20-9)19-12(18-10)21-6-1-2-7-21/h8H,1-7H2,(H,15,16,20)(H,14,17,18,19). The van der Waals surface area contributed by atoms with Crippen molar-refractivity contribution in [2.24, 2.45) is 0 Å². The Labute approximate surface area is 127 Å². The monoisotopic (exact) mass is 308 g/mol. The lowest BCUT2D eigenvalue weighted by molar-refractivity contribution is 0.796. The Morgan fingerprint density at radius 3 is 2.86 bits per heavy atom. The Hall–Kier alpha value is -1.96. The first-order valence-corrected chi connectivity index (χ1v) is 7.44. The summed E-state index contributed by atoms with van der Waals surface area (Å²) >= 11 is 5.97. The number of aryl methyl sites for hydroxylation is 1. The van der Waals surface area contributed by atoms with Gasteiger partial charge in [0.1, 0.15) is 12.2 Å². The van der Waals surface area contributed by atoms with E-state index in [-0.39, 0.29) is 5.28 Å². The maximum atomic E-state index is 5.97. The molecular weight excluding hydrogens is 292 g/mol. The largest absolute Gasteiger partial charge is 0.354 e. The number of aromatic nitrogens is 6. The first kappa shape index (κ1) is 14.0. The summed E-state index contributed by atoms with van der Waals surface area (Å²) in [5, 5.41) is 10.1. The first-order chi connectivity index (χ1) is 10.3. The molecule has 2 aromatic rings. The minimum absolute atomic E-state index is 0.227. The van der Waals surface area contributed by atoms with Crippen molar-refractivity contribution in [2.75, 3.05) is 29.9 Å². The molecule has 0 saturated carbocycles. The second-order valence-corrected chi connectivity index (χ2v) is 5.22. The zero-order chi connectivity index (χ0) is 14.5. The summed E-state index contributed by atoms with van der Waals surface area (Å²) in [6.45, 7) is 2.69. The van der Waals surface area contributed by atoms with Crippen LogP contribution in [0.15, 0.2) is 6.33 Å². The van der Waals surface area contributed by atoms with Gasteiger partial charge in [-0.05, 0) is 30.9 Å². The first-order valence-electron chi connectivity index (χ1n) is 7.06. The van der Waals surface area contributed by atoms with Crippen LogP contribution >= 0.6 is 11.6 Å². The number of hydrogen-bond acceptors (Lipinski definition) is 7. The van der Waals surface area contributed by atoms with Crippen molar-refractivity contribution in [1.82, 2.24) is 30.1 Å². The van der Waals surface area contributed by atoms with E-state index in [9.17, 15) is 0 Å². The summed E-state index contributed by atoms with van der Waals surface area (Å²) in [4.78, 5) is 18.9. The van der Waals surface area contributed by atoms with Crippen molar-refractivity contribution in [3.8, 4) is 0 Å². The van der Waals surface area contributed by atoms with Gasteiger partial charge in [0.25, 0.3) is 0 Å². The zero-order valence-electron chi connectivity index (χ0n) is 11.6. The van der Waals surface area contributed by atoms with Gasteiger partial charge in [-0.25, -0.2) is 4.98 Å². The fraction of sp³-hybridized carbons (Fsp3) is 0.583. The SMILES string of the molecule is Clc1nc(NCCCc2ncn[nH]2)nc(N2CCCC2)n1. The summed E-state index contributed by atoms with van der Waals surface area (Å²) in [6, 6.07) is 0. The third-order valence-electron chi connectivity index (χ3n) is 3.32. The Kier molecular flexibility index (Phi) is 4.44. The lowest BCUT2D eigenvalue weighted by Crippen LogP contribution is -2.21. The van der Waals surface area contributed by atoms with Gasteiger partial charge >= 0.3 is 0 Å². The Morgan fingerprint density at radius 2 is 2.10 bits per heavy atom. The van der Waals surface area contributed by atoms with Crippen LogP contribution < -0.4 is 10.2 Å². The van der Waals surface area contributed by atoms with Crippen LogP contribution in [-0.4, -0.2) is 49.8 Å². The van der Waals surface area contributed by atoms with E-state index in [2.05, 4.69) is 40.3 Å². The molecule has 0 atom stereocenters. The van der Waals surface area contributed by atoms with Crippen molar-refractivity contribution in [1.29, 1.82) is 0 Å². The molecule has 3 rings (SSSR count). The molecule has 0 unspecified atom stereocenters. The highest BCUT2D eigenvalue weighted by molar-refractivity contribution is 6.28. The molecule has 2 N–H and O–H groups in total. The molecule has 0 aromatic carbocycles. The zero-order valence-corrected chi connectivity index (χ0v) is 12.3. The van der Waals surface area contributed by atoms with Gasteiger partial charge in [0.15, 0.2) is 0 Å². The molecule has 1 fully saturated rings. The van der Waals surface area contributed by atoms with Gasteiger partial charge in [0, 0.05) is 26.1 Å². The third-order valence-corrected chi connectivity index (χ3v) is 3.49. The number of nitrogens with zero attached hydrogens (tertiary/aromatic N) is 6. The second-order valence-electron chi connectivity index (χ2n) is 4.88.